The molecule has 2 aromatic carbocycles. The molecule has 0 aromatic heterocycles. The molecule has 148 valence electrons. The molecule has 0 spiro atoms. The lowest BCUT2D eigenvalue weighted by atomic mass is 9.93. The Bertz CT molecular complexity index is 954. The fourth-order valence-electron chi connectivity index (χ4n) is 2.67. The molecule has 0 atom stereocenters. The highest BCUT2D eigenvalue weighted by atomic mass is 35.5. The van der Waals surface area contributed by atoms with Crippen LogP contribution in [0.4, 0.5) is 0 Å². The molecule has 1 N–H and O–H groups in total. The average molecular weight is 422 g/mol. The molecule has 0 heterocycles. The maximum atomic E-state index is 12.4. The van der Waals surface area contributed by atoms with Gasteiger partial charge in [-0.1, -0.05) is 23.2 Å². The number of ether oxygens (including phenoxy) is 1. The van der Waals surface area contributed by atoms with Crippen LogP contribution in [0.15, 0.2) is 24.3 Å². The van der Waals surface area contributed by atoms with E-state index in [0.717, 1.165) is 22.3 Å². The third-order valence-corrected chi connectivity index (χ3v) is 5.46. The van der Waals surface area contributed by atoms with Crippen molar-refractivity contribution in [3.63, 3.8) is 0 Å². The van der Waals surface area contributed by atoms with Crippen molar-refractivity contribution in [3.8, 4) is 0 Å². The largest absolute Gasteiger partial charge is 0.456 e. The predicted octanol–water partition coefficient (Wildman–Crippen LogP) is 4.38. The smallest absolute Gasteiger partial charge is 0.325 e. The second kappa shape index (κ2) is 9.22. The van der Waals surface area contributed by atoms with Crippen LogP contribution in [0.25, 0.3) is 0 Å². The number of esters is 1. The van der Waals surface area contributed by atoms with E-state index in [2.05, 4.69) is 5.32 Å². The number of hydrogen-bond donors (Lipinski definition) is 1. The molecule has 0 bridgehead atoms. The summed E-state index contributed by atoms with van der Waals surface area (Å²) in [5.41, 5.74) is 4.86. The van der Waals surface area contributed by atoms with Crippen LogP contribution in [0.3, 0.4) is 0 Å². The highest BCUT2D eigenvalue weighted by Crippen LogP contribution is 2.23. The van der Waals surface area contributed by atoms with E-state index >= 15 is 0 Å². The summed E-state index contributed by atoms with van der Waals surface area (Å²) in [5.74, 6) is -1.49. The molecule has 28 heavy (non-hydrogen) atoms. The van der Waals surface area contributed by atoms with E-state index in [1.165, 1.54) is 18.2 Å². The zero-order valence-corrected chi connectivity index (χ0v) is 17.6. The van der Waals surface area contributed by atoms with Crippen LogP contribution in [-0.4, -0.2) is 30.8 Å². The van der Waals surface area contributed by atoms with Crippen molar-refractivity contribution < 1.29 is 19.1 Å². The van der Waals surface area contributed by atoms with Crippen molar-refractivity contribution in [1.29, 1.82) is 0 Å². The Hall–Kier alpha value is -2.37. The molecular weight excluding hydrogens is 401 g/mol. The summed E-state index contributed by atoms with van der Waals surface area (Å²) in [7, 11) is 0. The van der Waals surface area contributed by atoms with Crippen molar-refractivity contribution in [1.82, 2.24) is 5.32 Å². The van der Waals surface area contributed by atoms with E-state index < -0.39 is 11.9 Å². The molecule has 0 aliphatic heterocycles. The van der Waals surface area contributed by atoms with Gasteiger partial charge in [-0.25, -0.2) is 0 Å². The van der Waals surface area contributed by atoms with Gasteiger partial charge in [0.2, 0.25) is 5.78 Å². The standard InChI is InChI=1S/C21H21Cl2NO4/c1-11-7-16(14(4)13(3)12(11)2)19(25)10-28-20(26)9-24-21(27)15-5-6-17(22)18(23)8-15/h5-8H,9-10H2,1-4H3,(H,24,27). The maximum absolute atomic E-state index is 12.4. The van der Waals surface area contributed by atoms with E-state index in [-0.39, 0.29) is 29.5 Å². The van der Waals surface area contributed by atoms with E-state index in [4.69, 9.17) is 27.9 Å². The van der Waals surface area contributed by atoms with Crippen LogP contribution < -0.4 is 5.32 Å². The van der Waals surface area contributed by atoms with E-state index in [1.54, 1.807) is 6.07 Å². The van der Waals surface area contributed by atoms with Gasteiger partial charge >= 0.3 is 5.97 Å². The van der Waals surface area contributed by atoms with Gasteiger partial charge in [0.15, 0.2) is 6.61 Å². The van der Waals surface area contributed by atoms with Crippen molar-refractivity contribution in [2.75, 3.05) is 13.2 Å². The van der Waals surface area contributed by atoms with Crippen molar-refractivity contribution in [2.45, 2.75) is 27.7 Å². The van der Waals surface area contributed by atoms with Gasteiger partial charge in [0.25, 0.3) is 5.91 Å². The van der Waals surface area contributed by atoms with E-state index in [9.17, 15) is 14.4 Å². The topological polar surface area (TPSA) is 72.5 Å². The third kappa shape index (κ3) is 5.12. The first-order chi connectivity index (χ1) is 13.1. The zero-order valence-electron chi connectivity index (χ0n) is 16.1. The van der Waals surface area contributed by atoms with Gasteiger partial charge in [-0.05, 0) is 74.2 Å². The fourth-order valence-corrected chi connectivity index (χ4v) is 2.97. The van der Waals surface area contributed by atoms with Gasteiger partial charge in [0, 0.05) is 11.1 Å². The quantitative estimate of drug-likeness (QED) is 0.554. The van der Waals surface area contributed by atoms with Crippen LogP contribution in [0.2, 0.25) is 10.0 Å². The normalized spacial score (nSPS) is 10.5. The SMILES string of the molecule is Cc1cc(C(=O)COC(=O)CNC(=O)c2ccc(Cl)c(Cl)c2)c(C)c(C)c1C. The number of rotatable bonds is 6. The number of halogens is 2. The number of hydrogen-bond acceptors (Lipinski definition) is 4. The van der Waals surface area contributed by atoms with Crippen LogP contribution in [0.1, 0.15) is 43.0 Å². The fraction of sp³-hybridized carbons (Fsp3) is 0.286. The predicted molar refractivity (Wildman–Crippen MR) is 109 cm³/mol. The molecule has 0 unspecified atom stereocenters. The van der Waals surface area contributed by atoms with E-state index in [1.807, 2.05) is 27.7 Å². The Morgan fingerprint density at radius 2 is 1.61 bits per heavy atom. The molecule has 0 saturated carbocycles. The summed E-state index contributed by atoms with van der Waals surface area (Å²) < 4.78 is 5.00. The van der Waals surface area contributed by atoms with Gasteiger partial charge in [0.05, 0.1) is 10.0 Å². The minimum Gasteiger partial charge on any atom is -0.456 e. The summed E-state index contributed by atoms with van der Waals surface area (Å²) in [6.07, 6.45) is 0. The number of aryl methyl sites for hydroxylation is 1. The molecule has 0 fully saturated rings. The van der Waals surface area contributed by atoms with Crippen molar-refractivity contribution in [3.05, 3.63) is 67.7 Å². The molecule has 0 aliphatic carbocycles. The van der Waals surface area contributed by atoms with Gasteiger partial charge in [0.1, 0.15) is 6.54 Å². The third-order valence-electron chi connectivity index (χ3n) is 4.72. The van der Waals surface area contributed by atoms with Crippen LogP contribution in [0.5, 0.6) is 0 Å². The molecule has 5 nitrogen and oxygen atoms in total. The Balaban J connectivity index is 1.91. The summed E-state index contributed by atoms with van der Waals surface area (Å²) in [6.45, 7) is 7.01. The Morgan fingerprint density at radius 1 is 0.929 bits per heavy atom. The minimum absolute atomic E-state index is 0.238. The van der Waals surface area contributed by atoms with Crippen molar-refractivity contribution >= 4 is 40.9 Å². The highest BCUT2D eigenvalue weighted by molar-refractivity contribution is 6.42. The Labute approximate surface area is 174 Å². The van der Waals surface area contributed by atoms with Gasteiger partial charge < -0.3 is 10.1 Å². The van der Waals surface area contributed by atoms with E-state index in [0.29, 0.717) is 10.6 Å². The van der Waals surface area contributed by atoms with Gasteiger partial charge in [-0.2, -0.15) is 0 Å². The lowest BCUT2D eigenvalue weighted by Crippen LogP contribution is -2.31. The first-order valence-electron chi connectivity index (χ1n) is 8.61. The monoisotopic (exact) mass is 421 g/mol. The summed E-state index contributed by atoms with van der Waals surface area (Å²) in [6, 6.07) is 6.19. The van der Waals surface area contributed by atoms with Gasteiger partial charge in [-0.3, -0.25) is 14.4 Å². The van der Waals surface area contributed by atoms with Crippen LogP contribution >= 0.6 is 23.2 Å². The number of carbonyl (C=O) groups is 3. The maximum Gasteiger partial charge on any atom is 0.325 e. The van der Waals surface area contributed by atoms with Crippen LogP contribution in [-0.2, 0) is 9.53 Å². The lowest BCUT2D eigenvalue weighted by molar-refractivity contribution is -0.141. The second-order valence-corrected chi connectivity index (χ2v) is 7.33. The zero-order chi connectivity index (χ0) is 21.0. The first-order valence-corrected chi connectivity index (χ1v) is 9.37. The second-order valence-electron chi connectivity index (χ2n) is 6.51. The number of benzene rings is 2. The number of amides is 1. The molecule has 7 heteroatoms. The highest BCUT2D eigenvalue weighted by Gasteiger charge is 2.16. The summed E-state index contributed by atoms with van der Waals surface area (Å²) >= 11 is 11.7. The number of Topliss-reactive ketones (excluding diaryl/α,β-unsaturated/α-hetero) is 1. The molecule has 2 aromatic rings. The number of ketones is 1. The Morgan fingerprint density at radius 3 is 2.25 bits per heavy atom. The molecule has 0 aliphatic rings. The lowest BCUT2D eigenvalue weighted by Gasteiger charge is -2.13. The Kier molecular flexibility index (Phi) is 7.22. The average Bonchev–Trinajstić information content (AvgIpc) is 2.67. The molecule has 2 rings (SSSR count). The number of nitrogens with one attached hydrogen (secondary N) is 1. The molecule has 1 amide bonds. The molecule has 0 radical (unpaired) electrons. The van der Waals surface area contributed by atoms with Crippen molar-refractivity contribution in [2.24, 2.45) is 0 Å². The minimum atomic E-state index is -0.708. The first kappa shape index (κ1) is 21.9. The molecule has 0 saturated heterocycles. The van der Waals surface area contributed by atoms with Gasteiger partial charge in [-0.15, -0.1) is 0 Å². The summed E-state index contributed by atoms with van der Waals surface area (Å²) in [4.78, 5) is 36.3. The summed E-state index contributed by atoms with van der Waals surface area (Å²) in [5, 5.41) is 2.98. The van der Waals surface area contributed by atoms with Crippen LogP contribution in [0, 0.1) is 27.7 Å². The molecular formula is C21H21Cl2NO4. The number of carbonyl (C=O) groups excluding carboxylic acids is 3.